The summed E-state index contributed by atoms with van der Waals surface area (Å²) < 4.78 is 36.9. The highest BCUT2D eigenvalue weighted by Crippen LogP contribution is 2.29. The number of carbonyl (C=O) groups excluding carboxylic acids is 1. The molecule has 0 saturated heterocycles. The maximum absolute atomic E-state index is 12.3. The van der Waals surface area contributed by atoms with Gasteiger partial charge in [-0.25, -0.2) is 5.43 Å². The Kier molecular flexibility index (Phi) is 2.02. The van der Waals surface area contributed by atoms with Gasteiger partial charge in [-0.2, -0.15) is 18.3 Å². The number of nitrogens with one attached hydrogen (secondary N) is 1. The normalized spacial score (nSPS) is 20.5. The van der Waals surface area contributed by atoms with Crippen molar-refractivity contribution in [1.82, 2.24) is 10.3 Å². The molecule has 1 amide bonds. The average Bonchev–Trinajstić information content (AvgIpc) is 2.15. The minimum atomic E-state index is -4.41. The van der Waals surface area contributed by atoms with Gasteiger partial charge in [0.1, 0.15) is 6.54 Å². The van der Waals surface area contributed by atoms with E-state index < -0.39 is 17.7 Å². The van der Waals surface area contributed by atoms with E-state index in [1.165, 1.54) is 6.08 Å². The molecule has 0 spiro atoms. The number of nitrogens with zero attached hydrogens (tertiary/aromatic N) is 2. The number of hydrazone groups is 1. The lowest BCUT2D eigenvalue weighted by molar-refractivity contribution is -0.121. The number of hydrogen-bond donors (Lipinski definition) is 1. The number of alkyl halides is 3. The zero-order valence-electron chi connectivity index (χ0n) is 7.38. The summed E-state index contributed by atoms with van der Waals surface area (Å²) in [5.41, 5.74) is 1.39. The van der Waals surface area contributed by atoms with Crippen LogP contribution in [0.2, 0.25) is 0 Å². The Hall–Kier alpha value is -1.79. The first kappa shape index (κ1) is 9.75. The number of halogens is 3. The molecule has 2 rings (SSSR count). The molecule has 7 heteroatoms. The van der Waals surface area contributed by atoms with Crippen molar-refractivity contribution < 1.29 is 18.0 Å². The third-order valence-electron chi connectivity index (χ3n) is 1.94. The van der Waals surface area contributed by atoms with Crippen molar-refractivity contribution in [2.24, 2.45) is 5.10 Å². The van der Waals surface area contributed by atoms with Crippen molar-refractivity contribution in [3.05, 3.63) is 23.9 Å². The lowest BCUT2D eigenvalue weighted by atomic mass is 10.2. The van der Waals surface area contributed by atoms with Crippen molar-refractivity contribution >= 4 is 11.7 Å². The number of rotatable bonds is 0. The van der Waals surface area contributed by atoms with E-state index in [4.69, 9.17) is 0 Å². The van der Waals surface area contributed by atoms with E-state index in [9.17, 15) is 18.0 Å². The van der Waals surface area contributed by atoms with Crippen LogP contribution < -0.4 is 5.43 Å². The van der Waals surface area contributed by atoms with Crippen LogP contribution in [-0.2, 0) is 4.79 Å². The topological polar surface area (TPSA) is 44.7 Å². The monoisotopic (exact) mass is 217 g/mol. The summed E-state index contributed by atoms with van der Waals surface area (Å²) in [4.78, 5) is 12.0. The molecule has 0 aromatic rings. The summed E-state index contributed by atoms with van der Waals surface area (Å²) >= 11 is 0. The van der Waals surface area contributed by atoms with Crippen LogP contribution in [-0.4, -0.2) is 29.4 Å². The molecular formula is C8H6F3N3O. The lowest BCUT2D eigenvalue weighted by Crippen LogP contribution is -2.43. The zero-order valence-corrected chi connectivity index (χ0v) is 7.38. The Morgan fingerprint density at radius 3 is 2.80 bits per heavy atom. The molecule has 0 atom stereocenters. The SMILES string of the molecule is O=C1CN2C=C(C(F)(F)F)C=CC2=NN1. The number of amides is 1. The van der Waals surface area contributed by atoms with Gasteiger partial charge in [-0.1, -0.05) is 0 Å². The van der Waals surface area contributed by atoms with Crippen LogP contribution in [0.15, 0.2) is 29.0 Å². The molecule has 80 valence electrons. The number of amidine groups is 1. The summed E-state index contributed by atoms with van der Waals surface area (Å²) in [6, 6.07) is 0. The molecule has 0 aromatic carbocycles. The molecule has 0 saturated carbocycles. The number of allylic oxidation sites excluding steroid dienone is 2. The predicted molar refractivity (Wildman–Crippen MR) is 45.6 cm³/mol. The smallest absolute Gasteiger partial charge is 0.322 e. The second-order valence-corrected chi connectivity index (χ2v) is 3.05. The lowest BCUT2D eigenvalue weighted by Gasteiger charge is -2.27. The molecule has 2 aliphatic rings. The van der Waals surface area contributed by atoms with Gasteiger partial charge in [0, 0.05) is 6.20 Å². The van der Waals surface area contributed by atoms with Crippen LogP contribution in [0.25, 0.3) is 0 Å². The molecule has 0 fully saturated rings. The Balaban J connectivity index is 2.30. The quantitative estimate of drug-likeness (QED) is 0.650. The molecule has 2 aliphatic heterocycles. The molecule has 1 N–H and O–H groups in total. The number of fused-ring (bicyclic) bond motifs is 1. The van der Waals surface area contributed by atoms with Crippen LogP contribution >= 0.6 is 0 Å². The maximum atomic E-state index is 12.3. The molecule has 0 radical (unpaired) electrons. The second-order valence-electron chi connectivity index (χ2n) is 3.05. The Labute approximate surface area is 82.7 Å². The fourth-order valence-electron chi connectivity index (χ4n) is 1.24. The summed E-state index contributed by atoms with van der Waals surface area (Å²) in [5, 5.41) is 3.59. The summed E-state index contributed by atoms with van der Waals surface area (Å²) in [6.07, 6.45) is -1.40. The summed E-state index contributed by atoms with van der Waals surface area (Å²) in [5.74, 6) is -0.144. The molecule has 4 nitrogen and oxygen atoms in total. The highest BCUT2D eigenvalue weighted by Gasteiger charge is 2.35. The van der Waals surface area contributed by atoms with Gasteiger partial charge in [-0.05, 0) is 12.2 Å². The Morgan fingerprint density at radius 1 is 1.40 bits per heavy atom. The minimum absolute atomic E-state index is 0.150. The average molecular weight is 217 g/mol. The van der Waals surface area contributed by atoms with Gasteiger partial charge in [0.15, 0.2) is 5.84 Å². The first-order chi connectivity index (χ1) is 6.97. The van der Waals surface area contributed by atoms with E-state index in [0.717, 1.165) is 17.2 Å². The molecule has 0 bridgehead atoms. The van der Waals surface area contributed by atoms with Crippen molar-refractivity contribution in [3.63, 3.8) is 0 Å². The zero-order chi connectivity index (χ0) is 11.1. The van der Waals surface area contributed by atoms with Crippen molar-refractivity contribution in [2.75, 3.05) is 6.54 Å². The van der Waals surface area contributed by atoms with Gasteiger partial charge in [0.05, 0.1) is 5.57 Å². The van der Waals surface area contributed by atoms with Gasteiger partial charge in [0.25, 0.3) is 5.91 Å². The van der Waals surface area contributed by atoms with Gasteiger partial charge in [-0.15, -0.1) is 0 Å². The third kappa shape index (κ3) is 1.85. The fraction of sp³-hybridized carbons (Fsp3) is 0.250. The molecule has 0 aliphatic carbocycles. The predicted octanol–water partition coefficient (Wildman–Crippen LogP) is 0.748. The number of hydrogen-bond acceptors (Lipinski definition) is 3. The molecule has 0 aromatic heterocycles. The van der Waals surface area contributed by atoms with Crippen LogP contribution in [0.5, 0.6) is 0 Å². The van der Waals surface area contributed by atoms with E-state index in [1.807, 2.05) is 0 Å². The Bertz CT molecular complexity index is 394. The molecule has 0 unspecified atom stereocenters. The first-order valence-electron chi connectivity index (χ1n) is 4.07. The van der Waals surface area contributed by atoms with Gasteiger partial charge >= 0.3 is 6.18 Å². The van der Waals surface area contributed by atoms with Gasteiger partial charge in [-0.3, -0.25) is 4.79 Å². The maximum Gasteiger partial charge on any atom is 0.417 e. The van der Waals surface area contributed by atoms with Crippen molar-refractivity contribution in [2.45, 2.75) is 6.18 Å². The Morgan fingerprint density at radius 2 is 2.13 bits per heavy atom. The number of carbonyl (C=O) groups is 1. The fourth-order valence-corrected chi connectivity index (χ4v) is 1.24. The van der Waals surface area contributed by atoms with E-state index in [-0.39, 0.29) is 6.54 Å². The first-order valence-corrected chi connectivity index (χ1v) is 4.07. The molecule has 2 heterocycles. The largest absolute Gasteiger partial charge is 0.417 e. The van der Waals surface area contributed by atoms with E-state index >= 15 is 0 Å². The van der Waals surface area contributed by atoms with E-state index in [1.54, 1.807) is 0 Å². The van der Waals surface area contributed by atoms with Crippen LogP contribution in [0, 0.1) is 0 Å². The summed E-state index contributed by atoms with van der Waals surface area (Å²) in [6.45, 7) is -0.150. The highest BCUT2D eigenvalue weighted by molar-refractivity contribution is 6.00. The second kappa shape index (κ2) is 3.11. The van der Waals surface area contributed by atoms with Crippen molar-refractivity contribution in [3.8, 4) is 0 Å². The molecule has 15 heavy (non-hydrogen) atoms. The third-order valence-corrected chi connectivity index (χ3v) is 1.94. The molecular weight excluding hydrogens is 211 g/mol. The standard InChI is InChI=1S/C8H6F3N3O/c9-8(10,11)5-1-2-6-12-13-7(15)4-14(6)3-5/h1-3H,4H2,(H,13,15). The van der Waals surface area contributed by atoms with E-state index in [2.05, 4.69) is 10.5 Å². The highest BCUT2D eigenvalue weighted by atomic mass is 19.4. The van der Waals surface area contributed by atoms with E-state index in [0.29, 0.717) is 5.84 Å². The summed E-state index contributed by atoms with van der Waals surface area (Å²) in [7, 11) is 0. The van der Waals surface area contributed by atoms with Crippen molar-refractivity contribution in [1.29, 1.82) is 0 Å². The van der Waals surface area contributed by atoms with Crippen LogP contribution in [0.4, 0.5) is 13.2 Å². The van der Waals surface area contributed by atoms with Gasteiger partial charge in [0.2, 0.25) is 0 Å². The van der Waals surface area contributed by atoms with Crippen LogP contribution in [0.3, 0.4) is 0 Å². The van der Waals surface area contributed by atoms with Crippen LogP contribution in [0.1, 0.15) is 0 Å². The minimum Gasteiger partial charge on any atom is -0.322 e. The van der Waals surface area contributed by atoms with Gasteiger partial charge < -0.3 is 4.90 Å².